The van der Waals surface area contributed by atoms with Gasteiger partial charge in [0.05, 0.1) is 19.6 Å². The Kier molecular flexibility index (Phi) is 7.06. The molecular formula is C14H21NO3. The van der Waals surface area contributed by atoms with Crippen molar-refractivity contribution in [2.75, 3.05) is 20.3 Å². The second kappa shape index (κ2) is 8.66. The maximum absolute atomic E-state index is 11.1. The minimum Gasteiger partial charge on any atom is -0.466 e. The van der Waals surface area contributed by atoms with Crippen molar-refractivity contribution in [2.24, 2.45) is 0 Å². The van der Waals surface area contributed by atoms with Gasteiger partial charge in [0.25, 0.3) is 0 Å². The molecule has 18 heavy (non-hydrogen) atoms. The molecule has 100 valence electrons. The summed E-state index contributed by atoms with van der Waals surface area (Å²) in [6, 6.07) is 8.19. The van der Waals surface area contributed by atoms with Crippen LogP contribution in [0.4, 0.5) is 0 Å². The molecule has 0 radical (unpaired) electrons. The van der Waals surface area contributed by atoms with Gasteiger partial charge in [-0.1, -0.05) is 24.3 Å². The zero-order valence-corrected chi connectivity index (χ0v) is 11.1. The molecule has 0 amide bonds. The Morgan fingerprint density at radius 2 is 2.11 bits per heavy atom. The standard InChI is InChI=1S/C14H21NO3/c1-3-18-14(16)7-8-15-10-12-5-4-6-13(9-12)11-17-2/h4-6,9,15H,3,7-8,10-11H2,1-2H3. The van der Waals surface area contributed by atoms with Gasteiger partial charge in [0.2, 0.25) is 0 Å². The number of hydrogen-bond acceptors (Lipinski definition) is 4. The molecule has 0 aromatic heterocycles. The van der Waals surface area contributed by atoms with Crippen LogP contribution in [0.25, 0.3) is 0 Å². The van der Waals surface area contributed by atoms with Crippen LogP contribution in [0.3, 0.4) is 0 Å². The molecule has 0 fully saturated rings. The normalized spacial score (nSPS) is 10.3. The van der Waals surface area contributed by atoms with Gasteiger partial charge in [-0.15, -0.1) is 0 Å². The molecule has 0 unspecified atom stereocenters. The van der Waals surface area contributed by atoms with E-state index in [4.69, 9.17) is 9.47 Å². The predicted molar refractivity (Wildman–Crippen MR) is 70.1 cm³/mol. The molecule has 4 nitrogen and oxygen atoms in total. The first-order valence-electron chi connectivity index (χ1n) is 6.19. The van der Waals surface area contributed by atoms with Crippen LogP contribution in [-0.2, 0) is 27.4 Å². The largest absolute Gasteiger partial charge is 0.466 e. The monoisotopic (exact) mass is 251 g/mol. The molecule has 0 aliphatic heterocycles. The van der Waals surface area contributed by atoms with Crippen molar-refractivity contribution in [3.8, 4) is 0 Å². The van der Waals surface area contributed by atoms with Crippen molar-refractivity contribution in [1.29, 1.82) is 0 Å². The lowest BCUT2D eigenvalue weighted by Gasteiger charge is -2.06. The van der Waals surface area contributed by atoms with E-state index in [0.717, 1.165) is 12.1 Å². The van der Waals surface area contributed by atoms with E-state index in [0.29, 0.717) is 26.2 Å². The second-order valence-electron chi connectivity index (χ2n) is 3.98. The Bertz CT molecular complexity index is 366. The summed E-state index contributed by atoms with van der Waals surface area (Å²) in [5, 5.41) is 3.22. The number of carbonyl (C=O) groups is 1. The summed E-state index contributed by atoms with van der Waals surface area (Å²) in [6.07, 6.45) is 0.408. The highest BCUT2D eigenvalue weighted by Crippen LogP contribution is 2.06. The van der Waals surface area contributed by atoms with Gasteiger partial charge in [0.15, 0.2) is 0 Å². The Hall–Kier alpha value is -1.39. The van der Waals surface area contributed by atoms with Gasteiger partial charge in [0, 0.05) is 20.2 Å². The molecule has 0 atom stereocenters. The molecule has 0 aliphatic carbocycles. The fourth-order valence-corrected chi connectivity index (χ4v) is 1.65. The highest BCUT2D eigenvalue weighted by Gasteiger charge is 2.01. The van der Waals surface area contributed by atoms with Gasteiger partial charge in [-0.2, -0.15) is 0 Å². The first kappa shape index (κ1) is 14.7. The third-order valence-electron chi connectivity index (χ3n) is 2.44. The molecule has 0 heterocycles. The van der Waals surface area contributed by atoms with Crippen molar-refractivity contribution < 1.29 is 14.3 Å². The third kappa shape index (κ3) is 5.80. The van der Waals surface area contributed by atoms with Crippen LogP contribution in [0.15, 0.2) is 24.3 Å². The Morgan fingerprint density at radius 3 is 2.83 bits per heavy atom. The SMILES string of the molecule is CCOC(=O)CCNCc1cccc(COC)c1. The van der Waals surface area contributed by atoms with Crippen molar-refractivity contribution in [2.45, 2.75) is 26.5 Å². The summed E-state index contributed by atoms with van der Waals surface area (Å²) < 4.78 is 9.94. The predicted octanol–water partition coefficient (Wildman–Crippen LogP) is 1.88. The maximum Gasteiger partial charge on any atom is 0.307 e. The zero-order valence-electron chi connectivity index (χ0n) is 11.1. The van der Waals surface area contributed by atoms with E-state index in [1.165, 1.54) is 5.56 Å². The summed E-state index contributed by atoms with van der Waals surface area (Å²) in [5.41, 5.74) is 2.34. The fraction of sp³-hybridized carbons (Fsp3) is 0.500. The second-order valence-corrected chi connectivity index (χ2v) is 3.98. The van der Waals surface area contributed by atoms with Gasteiger partial charge >= 0.3 is 5.97 Å². The van der Waals surface area contributed by atoms with Crippen molar-refractivity contribution in [1.82, 2.24) is 5.32 Å². The molecule has 0 saturated carbocycles. The van der Waals surface area contributed by atoms with Crippen LogP contribution in [0.5, 0.6) is 0 Å². The molecule has 0 aliphatic rings. The van der Waals surface area contributed by atoms with Crippen LogP contribution in [0.2, 0.25) is 0 Å². The lowest BCUT2D eigenvalue weighted by molar-refractivity contribution is -0.142. The topological polar surface area (TPSA) is 47.6 Å². The number of nitrogens with one attached hydrogen (secondary N) is 1. The van der Waals surface area contributed by atoms with E-state index >= 15 is 0 Å². The Labute approximate surface area is 108 Å². The van der Waals surface area contributed by atoms with Crippen LogP contribution < -0.4 is 5.32 Å². The van der Waals surface area contributed by atoms with Gasteiger partial charge in [-0.25, -0.2) is 0 Å². The first-order chi connectivity index (χ1) is 8.76. The zero-order chi connectivity index (χ0) is 13.2. The van der Waals surface area contributed by atoms with Crippen LogP contribution in [-0.4, -0.2) is 26.2 Å². The molecule has 1 N–H and O–H groups in total. The molecular weight excluding hydrogens is 230 g/mol. The Morgan fingerprint density at radius 1 is 1.33 bits per heavy atom. The minimum absolute atomic E-state index is 0.155. The van der Waals surface area contributed by atoms with Gasteiger partial charge in [-0.3, -0.25) is 4.79 Å². The van der Waals surface area contributed by atoms with Crippen LogP contribution >= 0.6 is 0 Å². The van der Waals surface area contributed by atoms with Gasteiger partial charge in [0.1, 0.15) is 0 Å². The maximum atomic E-state index is 11.1. The van der Waals surface area contributed by atoms with Gasteiger partial charge < -0.3 is 14.8 Å². The quantitative estimate of drug-likeness (QED) is 0.566. The molecule has 0 spiro atoms. The summed E-state index contributed by atoms with van der Waals surface area (Å²) >= 11 is 0. The van der Waals surface area contributed by atoms with E-state index in [1.807, 2.05) is 19.1 Å². The molecule has 1 aromatic rings. The molecule has 4 heteroatoms. The van der Waals surface area contributed by atoms with E-state index in [-0.39, 0.29) is 5.97 Å². The number of esters is 1. The highest BCUT2D eigenvalue weighted by molar-refractivity contribution is 5.69. The van der Waals surface area contributed by atoms with Crippen molar-refractivity contribution in [3.63, 3.8) is 0 Å². The summed E-state index contributed by atoms with van der Waals surface area (Å²) in [7, 11) is 1.68. The third-order valence-corrected chi connectivity index (χ3v) is 2.44. The molecule has 1 aromatic carbocycles. The number of carbonyl (C=O) groups excluding carboxylic acids is 1. The molecule has 0 bridgehead atoms. The van der Waals surface area contributed by atoms with E-state index in [9.17, 15) is 4.79 Å². The number of rotatable bonds is 8. The minimum atomic E-state index is -0.155. The summed E-state index contributed by atoms with van der Waals surface area (Å²) in [6.45, 7) is 4.26. The Balaban J connectivity index is 2.26. The van der Waals surface area contributed by atoms with Crippen molar-refractivity contribution in [3.05, 3.63) is 35.4 Å². The van der Waals surface area contributed by atoms with E-state index < -0.39 is 0 Å². The number of methoxy groups -OCH3 is 1. The summed E-state index contributed by atoms with van der Waals surface area (Å²) in [5.74, 6) is -0.155. The van der Waals surface area contributed by atoms with E-state index in [2.05, 4.69) is 17.4 Å². The van der Waals surface area contributed by atoms with Crippen molar-refractivity contribution >= 4 is 5.97 Å². The lowest BCUT2D eigenvalue weighted by atomic mass is 10.1. The first-order valence-corrected chi connectivity index (χ1v) is 6.19. The summed E-state index contributed by atoms with van der Waals surface area (Å²) in [4.78, 5) is 11.1. The average Bonchev–Trinajstić information content (AvgIpc) is 2.36. The highest BCUT2D eigenvalue weighted by atomic mass is 16.5. The van der Waals surface area contributed by atoms with Crippen LogP contribution in [0, 0.1) is 0 Å². The number of benzene rings is 1. The molecule has 1 rings (SSSR count). The fourth-order valence-electron chi connectivity index (χ4n) is 1.65. The number of hydrogen-bond donors (Lipinski definition) is 1. The smallest absolute Gasteiger partial charge is 0.307 e. The van der Waals surface area contributed by atoms with Crippen LogP contribution in [0.1, 0.15) is 24.5 Å². The molecule has 0 saturated heterocycles. The average molecular weight is 251 g/mol. The number of ether oxygens (including phenoxy) is 2. The van der Waals surface area contributed by atoms with E-state index in [1.54, 1.807) is 7.11 Å². The lowest BCUT2D eigenvalue weighted by Crippen LogP contribution is -2.19. The van der Waals surface area contributed by atoms with Gasteiger partial charge in [-0.05, 0) is 18.1 Å².